The number of rotatable bonds is 3. The van der Waals surface area contributed by atoms with Crippen molar-refractivity contribution in [2.75, 3.05) is 6.61 Å². The van der Waals surface area contributed by atoms with E-state index in [1.807, 2.05) is 18.2 Å². The zero-order valence-electron chi connectivity index (χ0n) is 7.79. The Labute approximate surface area is 77.9 Å². The Balaban J connectivity index is 2.17. The van der Waals surface area contributed by atoms with Crippen molar-refractivity contribution < 1.29 is 9.52 Å². The van der Waals surface area contributed by atoms with Gasteiger partial charge in [0.25, 0.3) is 0 Å². The molecule has 2 heteroatoms. The first kappa shape index (κ1) is 8.57. The minimum Gasteiger partial charge on any atom is -0.465 e. The highest BCUT2D eigenvalue weighted by molar-refractivity contribution is 5.50. The van der Waals surface area contributed by atoms with Crippen molar-refractivity contribution in [1.29, 1.82) is 0 Å². The van der Waals surface area contributed by atoms with E-state index in [1.165, 1.54) is 5.57 Å². The van der Waals surface area contributed by atoms with Crippen molar-refractivity contribution in [1.82, 2.24) is 0 Å². The molecule has 1 fully saturated rings. The van der Waals surface area contributed by atoms with E-state index >= 15 is 0 Å². The minimum absolute atomic E-state index is 0.0762. The molecule has 0 unspecified atom stereocenters. The zero-order valence-corrected chi connectivity index (χ0v) is 7.79. The Kier molecular flexibility index (Phi) is 2.00. The summed E-state index contributed by atoms with van der Waals surface area (Å²) in [5.41, 5.74) is 1.30. The van der Waals surface area contributed by atoms with Crippen molar-refractivity contribution in [3.8, 4) is 0 Å². The van der Waals surface area contributed by atoms with Crippen LogP contribution in [0.1, 0.15) is 25.5 Å². The van der Waals surface area contributed by atoms with E-state index in [2.05, 4.69) is 6.92 Å². The SMILES string of the molecule is C/C(=C/c1ccco1)C1(CO)CC1. The summed E-state index contributed by atoms with van der Waals surface area (Å²) in [5, 5.41) is 9.18. The largest absolute Gasteiger partial charge is 0.465 e. The maximum Gasteiger partial charge on any atom is 0.126 e. The number of furan rings is 1. The zero-order chi connectivity index (χ0) is 9.31. The molecule has 2 nitrogen and oxygen atoms in total. The van der Waals surface area contributed by atoms with Crippen LogP contribution in [-0.2, 0) is 0 Å². The van der Waals surface area contributed by atoms with Gasteiger partial charge in [0.1, 0.15) is 5.76 Å². The molecule has 0 atom stereocenters. The van der Waals surface area contributed by atoms with Gasteiger partial charge in [-0.3, -0.25) is 0 Å². The molecular weight excluding hydrogens is 164 g/mol. The average molecular weight is 178 g/mol. The third-order valence-electron chi connectivity index (χ3n) is 2.89. The Bertz CT molecular complexity index is 305. The fraction of sp³-hybridized carbons (Fsp3) is 0.455. The van der Waals surface area contributed by atoms with E-state index < -0.39 is 0 Å². The van der Waals surface area contributed by atoms with Gasteiger partial charge >= 0.3 is 0 Å². The predicted molar refractivity (Wildman–Crippen MR) is 51.1 cm³/mol. The average Bonchev–Trinajstić information content (AvgIpc) is 2.79. The highest BCUT2D eigenvalue weighted by Crippen LogP contribution is 2.51. The lowest BCUT2D eigenvalue weighted by molar-refractivity contribution is 0.235. The van der Waals surface area contributed by atoms with Gasteiger partial charge in [-0.1, -0.05) is 5.57 Å². The van der Waals surface area contributed by atoms with Crippen LogP contribution in [0.5, 0.6) is 0 Å². The second kappa shape index (κ2) is 3.04. The monoisotopic (exact) mass is 178 g/mol. The molecule has 1 saturated carbocycles. The maximum absolute atomic E-state index is 9.18. The van der Waals surface area contributed by atoms with E-state index in [0.717, 1.165) is 18.6 Å². The normalized spacial score (nSPS) is 20.3. The molecule has 0 aliphatic heterocycles. The van der Waals surface area contributed by atoms with E-state index in [-0.39, 0.29) is 12.0 Å². The third kappa shape index (κ3) is 1.54. The van der Waals surface area contributed by atoms with Crippen LogP contribution in [0.25, 0.3) is 6.08 Å². The van der Waals surface area contributed by atoms with E-state index in [4.69, 9.17) is 4.42 Å². The molecule has 2 rings (SSSR count). The van der Waals surface area contributed by atoms with E-state index in [9.17, 15) is 5.11 Å². The van der Waals surface area contributed by atoms with Gasteiger partial charge < -0.3 is 9.52 Å². The molecule has 0 radical (unpaired) electrons. The molecule has 1 N–H and O–H groups in total. The minimum atomic E-state index is 0.0762. The summed E-state index contributed by atoms with van der Waals surface area (Å²) in [5.74, 6) is 0.872. The molecule has 1 aromatic heterocycles. The van der Waals surface area contributed by atoms with Gasteiger partial charge in [0.05, 0.1) is 12.9 Å². The molecule has 1 aliphatic carbocycles. The van der Waals surface area contributed by atoms with Crippen LogP contribution in [0.3, 0.4) is 0 Å². The summed E-state index contributed by atoms with van der Waals surface area (Å²) in [6, 6.07) is 3.80. The van der Waals surface area contributed by atoms with Crippen molar-refractivity contribution in [3.63, 3.8) is 0 Å². The third-order valence-corrected chi connectivity index (χ3v) is 2.89. The Morgan fingerprint density at radius 3 is 2.92 bits per heavy atom. The quantitative estimate of drug-likeness (QED) is 0.771. The molecule has 1 aliphatic rings. The lowest BCUT2D eigenvalue weighted by Gasteiger charge is -2.11. The molecule has 70 valence electrons. The molecule has 0 saturated heterocycles. The smallest absolute Gasteiger partial charge is 0.126 e. The Morgan fingerprint density at radius 2 is 2.46 bits per heavy atom. The number of hydrogen-bond donors (Lipinski definition) is 1. The highest BCUT2D eigenvalue weighted by Gasteiger charge is 2.43. The number of aliphatic hydroxyl groups excluding tert-OH is 1. The van der Waals surface area contributed by atoms with Gasteiger partial charge in [-0.15, -0.1) is 0 Å². The van der Waals surface area contributed by atoms with Crippen molar-refractivity contribution in [2.45, 2.75) is 19.8 Å². The first-order valence-corrected chi connectivity index (χ1v) is 4.60. The number of aliphatic hydroxyl groups is 1. The van der Waals surface area contributed by atoms with Crippen molar-refractivity contribution >= 4 is 6.08 Å². The second-order valence-corrected chi connectivity index (χ2v) is 3.78. The van der Waals surface area contributed by atoms with Gasteiger partial charge in [0.2, 0.25) is 0 Å². The molecule has 1 heterocycles. The lowest BCUT2D eigenvalue weighted by Crippen LogP contribution is -2.07. The van der Waals surface area contributed by atoms with Crippen molar-refractivity contribution in [2.24, 2.45) is 5.41 Å². The van der Waals surface area contributed by atoms with Crippen LogP contribution in [0.4, 0.5) is 0 Å². The Morgan fingerprint density at radius 1 is 1.69 bits per heavy atom. The first-order valence-electron chi connectivity index (χ1n) is 4.60. The molecular formula is C11H14O2. The van der Waals surface area contributed by atoms with Gasteiger partial charge in [-0.05, 0) is 38.0 Å². The van der Waals surface area contributed by atoms with Gasteiger partial charge in [0.15, 0.2) is 0 Å². The highest BCUT2D eigenvalue weighted by atomic mass is 16.3. The maximum atomic E-state index is 9.18. The molecule has 13 heavy (non-hydrogen) atoms. The van der Waals surface area contributed by atoms with Crippen LogP contribution in [0.2, 0.25) is 0 Å². The van der Waals surface area contributed by atoms with Gasteiger partial charge in [-0.25, -0.2) is 0 Å². The van der Waals surface area contributed by atoms with Gasteiger partial charge in [0, 0.05) is 5.41 Å². The molecule has 0 aromatic carbocycles. The van der Waals surface area contributed by atoms with E-state index in [1.54, 1.807) is 6.26 Å². The summed E-state index contributed by atoms with van der Waals surface area (Å²) in [6.07, 6.45) is 5.89. The second-order valence-electron chi connectivity index (χ2n) is 3.78. The first-order chi connectivity index (χ1) is 6.27. The van der Waals surface area contributed by atoms with Crippen molar-refractivity contribution in [3.05, 3.63) is 29.7 Å². The molecule has 1 aromatic rings. The summed E-state index contributed by atoms with van der Waals surface area (Å²) in [6.45, 7) is 2.32. The lowest BCUT2D eigenvalue weighted by atomic mass is 9.98. The topological polar surface area (TPSA) is 33.4 Å². The van der Waals surface area contributed by atoms with Gasteiger partial charge in [-0.2, -0.15) is 0 Å². The van der Waals surface area contributed by atoms with Crippen LogP contribution in [0, 0.1) is 5.41 Å². The Hall–Kier alpha value is -1.02. The fourth-order valence-electron chi connectivity index (χ4n) is 1.57. The molecule has 0 bridgehead atoms. The van der Waals surface area contributed by atoms with Crippen LogP contribution >= 0.6 is 0 Å². The van der Waals surface area contributed by atoms with Crippen LogP contribution in [0.15, 0.2) is 28.4 Å². The standard InChI is InChI=1S/C11H14O2/c1-9(11(8-12)4-5-11)7-10-3-2-6-13-10/h2-3,6-7,12H,4-5,8H2,1H3/b9-7-. The fourth-order valence-corrected chi connectivity index (χ4v) is 1.57. The van der Waals surface area contributed by atoms with Crippen LogP contribution in [-0.4, -0.2) is 11.7 Å². The van der Waals surface area contributed by atoms with E-state index in [0.29, 0.717) is 0 Å². The summed E-state index contributed by atoms with van der Waals surface area (Å²) >= 11 is 0. The predicted octanol–water partition coefficient (Wildman–Crippen LogP) is 2.46. The molecule has 0 amide bonds. The summed E-state index contributed by atoms with van der Waals surface area (Å²) in [4.78, 5) is 0. The molecule has 0 spiro atoms. The summed E-state index contributed by atoms with van der Waals surface area (Å²) < 4.78 is 5.21. The summed E-state index contributed by atoms with van der Waals surface area (Å²) in [7, 11) is 0. The number of hydrogen-bond acceptors (Lipinski definition) is 2. The van der Waals surface area contributed by atoms with Crippen LogP contribution < -0.4 is 0 Å².